The monoisotopic (exact) mass is 353 g/mol. The van der Waals surface area contributed by atoms with Crippen molar-refractivity contribution in [2.24, 2.45) is 0 Å². The number of anilines is 1. The van der Waals surface area contributed by atoms with Gasteiger partial charge in [-0.1, -0.05) is 0 Å². The zero-order chi connectivity index (χ0) is 17.7. The first-order chi connectivity index (χ1) is 11.4. The lowest BCUT2D eigenvalue weighted by molar-refractivity contribution is 0.332. The minimum Gasteiger partial charge on any atom is -0.494 e. The van der Waals surface area contributed by atoms with Crippen molar-refractivity contribution in [2.75, 3.05) is 17.9 Å². The maximum atomic E-state index is 13.2. The highest BCUT2D eigenvalue weighted by Gasteiger charge is 2.20. The van der Waals surface area contributed by atoms with Gasteiger partial charge in [-0.05, 0) is 56.7 Å². The molecule has 0 atom stereocenters. The van der Waals surface area contributed by atoms with E-state index in [1.54, 1.807) is 25.1 Å². The van der Waals surface area contributed by atoms with Crippen LogP contribution in [-0.2, 0) is 10.0 Å². The number of aryl methyl sites for hydroxylation is 1. The van der Waals surface area contributed by atoms with Crippen LogP contribution in [0.25, 0.3) is 0 Å². The summed E-state index contributed by atoms with van der Waals surface area (Å²) in [7, 11) is -3.89. The van der Waals surface area contributed by atoms with Crippen molar-refractivity contribution in [1.82, 2.24) is 0 Å². The smallest absolute Gasteiger partial charge is 0.262 e. The van der Waals surface area contributed by atoms with Crippen LogP contribution < -0.4 is 14.2 Å². The van der Waals surface area contributed by atoms with Gasteiger partial charge in [0.15, 0.2) is 0 Å². The van der Waals surface area contributed by atoms with Gasteiger partial charge in [-0.2, -0.15) is 0 Å². The van der Waals surface area contributed by atoms with Crippen molar-refractivity contribution >= 4 is 15.7 Å². The molecule has 0 bridgehead atoms. The molecule has 0 aliphatic heterocycles. The van der Waals surface area contributed by atoms with Crippen LogP contribution in [0.15, 0.2) is 41.3 Å². The van der Waals surface area contributed by atoms with E-state index < -0.39 is 15.8 Å². The molecule has 0 aliphatic rings. The number of ether oxygens (including phenoxy) is 2. The molecule has 1 N–H and O–H groups in total. The fourth-order valence-corrected chi connectivity index (χ4v) is 3.53. The SMILES string of the molecule is CCOc1ccc(OCC)c(NS(=O)(=O)c2ccc(F)cc2C)c1. The molecule has 5 nitrogen and oxygen atoms in total. The topological polar surface area (TPSA) is 64.6 Å². The van der Waals surface area contributed by atoms with Crippen LogP contribution in [0.2, 0.25) is 0 Å². The second kappa shape index (κ2) is 7.53. The molecular weight excluding hydrogens is 333 g/mol. The minimum atomic E-state index is -3.89. The summed E-state index contributed by atoms with van der Waals surface area (Å²) in [6.45, 7) is 6.02. The maximum absolute atomic E-state index is 13.2. The van der Waals surface area contributed by atoms with Crippen LogP contribution in [0.5, 0.6) is 11.5 Å². The second-order valence-corrected chi connectivity index (χ2v) is 6.69. The Morgan fingerprint density at radius 2 is 1.75 bits per heavy atom. The van der Waals surface area contributed by atoms with Crippen molar-refractivity contribution in [3.63, 3.8) is 0 Å². The molecule has 0 radical (unpaired) electrons. The van der Waals surface area contributed by atoms with Gasteiger partial charge in [-0.25, -0.2) is 12.8 Å². The number of benzene rings is 2. The third kappa shape index (κ3) is 4.17. The highest BCUT2D eigenvalue weighted by Crippen LogP contribution is 2.32. The Bertz CT molecular complexity index is 821. The van der Waals surface area contributed by atoms with Gasteiger partial charge < -0.3 is 9.47 Å². The minimum absolute atomic E-state index is 0.00756. The van der Waals surface area contributed by atoms with E-state index in [1.165, 1.54) is 19.1 Å². The van der Waals surface area contributed by atoms with E-state index in [1.807, 2.05) is 6.92 Å². The lowest BCUT2D eigenvalue weighted by atomic mass is 10.2. The third-order valence-corrected chi connectivity index (χ3v) is 4.76. The first kappa shape index (κ1) is 18.1. The summed E-state index contributed by atoms with van der Waals surface area (Å²) < 4.78 is 51.8. The molecule has 2 rings (SSSR count). The molecule has 2 aromatic carbocycles. The second-order valence-electron chi connectivity index (χ2n) is 5.04. The van der Waals surface area contributed by atoms with E-state index in [0.29, 0.717) is 30.3 Å². The normalized spacial score (nSPS) is 11.2. The van der Waals surface area contributed by atoms with Crippen LogP contribution in [-0.4, -0.2) is 21.6 Å². The summed E-state index contributed by atoms with van der Waals surface area (Å²) in [5, 5.41) is 0. The number of hydrogen-bond acceptors (Lipinski definition) is 4. The molecule has 0 spiro atoms. The number of rotatable bonds is 7. The molecule has 7 heteroatoms. The van der Waals surface area contributed by atoms with Gasteiger partial charge in [0.25, 0.3) is 10.0 Å². The fourth-order valence-electron chi connectivity index (χ4n) is 2.24. The van der Waals surface area contributed by atoms with Gasteiger partial charge >= 0.3 is 0 Å². The summed E-state index contributed by atoms with van der Waals surface area (Å²) >= 11 is 0. The van der Waals surface area contributed by atoms with Crippen LogP contribution >= 0.6 is 0 Å². The van der Waals surface area contributed by atoms with Gasteiger partial charge in [-0.3, -0.25) is 4.72 Å². The molecule has 0 aliphatic carbocycles. The van der Waals surface area contributed by atoms with Gasteiger partial charge in [0.1, 0.15) is 17.3 Å². The largest absolute Gasteiger partial charge is 0.494 e. The predicted molar refractivity (Wildman–Crippen MR) is 90.7 cm³/mol. The number of hydrogen-bond donors (Lipinski definition) is 1. The standard InChI is InChI=1S/C17H20FNO4S/c1-4-22-14-7-8-16(23-5-2)15(11-14)19-24(20,21)17-9-6-13(18)10-12(17)3/h6-11,19H,4-5H2,1-3H3. The first-order valence-electron chi connectivity index (χ1n) is 7.56. The lowest BCUT2D eigenvalue weighted by Crippen LogP contribution is -2.15. The summed E-state index contributed by atoms with van der Waals surface area (Å²) in [5.41, 5.74) is 0.591. The third-order valence-electron chi connectivity index (χ3n) is 3.23. The molecule has 0 amide bonds. The molecule has 0 unspecified atom stereocenters. The molecule has 2 aromatic rings. The Morgan fingerprint density at radius 1 is 1.04 bits per heavy atom. The number of halogens is 1. The average Bonchev–Trinajstić information content (AvgIpc) is 2.49. The van der Waals surface area contributed by atoms with E-state index >= 15 is 0 Å². The molecular formula is C17H20FNO4S. The van der Waals surface area contributed by atoms with E-state index in [-0.39, 0.29) is 10.6 Å². The number of sulfonamides is 1. The van der Waals surface area contributed by atoms with Crippen LogP contribution in [0.4, 0.5) is 10.1 Å². The highest BCUT2D eigenvalue weighted by atomic mass is 32.2. The summed E-state index contributed by atoms with van der Waals surface area (Å²) in [4.78, 5) is 0.00756. The molecule has 0 saturated heterocycles. The molecule has 24 heavy (non-hydrogen) atoms. The summed E-state index contributed by atoms with van der Waals surface area (Å²) in [6.07, 6.45) is 0. The Kier molecular flexibility index (Phi) is 5.66. The molecule has 0 saturated carbocycles. The van der Waals surface area contributed by atoms with Crippen molar-refractivity contribution in [2.45, 2.75) is 25.7 Å². The van der Waals surface area contributed by atoms with E-state index in [4.69, 9.17) is 9.47 Å². The van der Waals surface area contributed by atoms with Gasteiger partial charge in [-0.15, -0.1) is 0 Å². The van der Waals surface area contributed by atoms with Crippen LogP contribution in [0, 0.1) is 12.7 Å². The average molecular weight is 353 g/mol. The van der Waals surface area contributed by atoms with Gasteiger partial charge in [0.2, 0.25) is 0 Å². The van der Waals surface area contributed by atoms with E-state index in [0.717, 1.165) is 6.07 Å². The highest BCUT2D eigenvalue weighted by molar-refractivity contribution is 7.92. The Labute approximate surface area is 141 Å². The molecule has 0 fully saturated rings. The quantitative estimate of drug-likeness (QED) is 0.824. The molecule has 0 heterocycles. The maximum Gasteiger partial charge on any atom is 0.262 e. The summed E-state index contributed by atoms with van der Waals surface area (Å²) in [6, 6.07) is 8.43. The molecule has 0 aromatic heterocycles. The van der Waals surface area contributed by atoms with Crippen molar-refractivity contribution in [1.29, 1.82) is 0 Å². The van der Waals surface area contributed by atoms with Crippen molar-refractivity contribution in [3.8, 4) is 11.5 Å². The van der Waals surface area contributed by atoms with Crippen LogP contribution in [0.3, 0.4) is 0 Å². The summed E-state index contributed by atoms with van der Waals surface area (Å²) in [5.74, 6) is 0.429. The lowest BCUT2D eigenvalue weighted by Gasteiger charge is -2.15. The van der Waals surface area contributed by atoms with Crippen molar-refractivity contribution in [3.05, 3.63) is 47.8 Å². The van der Waals surface area contributed by atoms with Crippen LogP contribution in [0.1, 0.15) is 19.4 Å². The zero-order valence-corrected chi connectivity index (χ0v) is 14.6. The van der Waals surface area contributed by atoms with Gasteiger partial charge in [0.05, 0.1) is 23.8 Å². The first-order valence-corrected chi connectivity index (χ1v) is 9.04. The Hall–Kier alpha value is -2.28. The predicted octanol–water partition coefficient (Wildman–Crippen LogP) is 3.73. The van der Waals surface area contributed by atoms with E-state index in [2.05, 4.69) is 4.72 Å². The Balaban J connectivity index is 2.42. The fraction of sp³-hybridized carbons (Fsp3) is 0.294. The molecule has 130 valence electrons. The zero-order valence-electron chi connectivity index (χ0n) is 13.8. The van der Waals surface area contributed by atoms with Crippen molar-refractivity contribution < 1.29 is 22.3 Å². The van der Waals surface area contributed by atoms with Gasteiger partial charge in [0, 0.05) is 6.07 Å². The number of nitrogens with one attached hydrogen (secondary N) is 1. The van der Waals surface area contributed by atoms with E-state index in [9.17, 15) is 12.8 Å². The Morgan fingerprint density at radius 3 is 2.38 bits per heavy atom.